The van der Waals surface area contributed by atoms with Crippen molar-refractivity contribution in [2.75, 3.05) is 32.7 Å². The fraction of sp³-hybridized carbons (Fsp3) is 0.417. The molecule has 11 heteroatoms. The van der Waals surface area contributed by atoms with Crippen molar-refractivity contribution in [1.82, 2.24) is 14.7 Å². The second kappa shape index (κ2) is 13.3. The first-order chi connectivity index (χ1) is 22.5. The molecule has 0 saturated carbocycles. The Balaban J connectivity index is 0.969. The lowest BCUT2D eigenvalue weighted by molar-refractivity contribution is -0.137. The van der Waals surface area contributed by atoms with E-state index in [9.17, 15) is 22.8 Å². The minimum atomic E-state index is -4.36. The van der Waals surface area contributed by atoms with Gasteiger partial charge in [0.05, 0.1) is 23.7 Å². The van der Waals surface area contributed by atoms with Crippen LogP contribution in [-0.2, 0) is 17.5 Å². The van der Waals surface area contributed by atoms with E-state index < -0.39 is 17.3 Å². The molecule has 0 aromatic heterocycles. The van der Waals surface area contributed by atoms with Crippen molar-refractivity contribution in [3.63, 3.8) is 0 Å². The third kappa shape index (κ3) is 7.38. The molecule has 47 heavy (non-hydrogen) atoms. The standard InChI is InChI=1S/C36H37F3N4O4/c1-25(28-8-10-30(11-9-28)36(37,38)39)41-20-16-35(17-21-41)24-43(34(45)47-35)23-27-2-6-29(7-3-27)33(44)42-18-14-32(15-19-42)46-31-12-4-26(22-40)5-13-31/h2-13,25,32H,14-21,23-24H2,1H3. The van der Waals surface area contributed by atoms with Crippen molar-refractivity contribution < 1.29 is 32.2 Å². The zero-order valence-corrected chi connectivity index (χ0v) is 26.2. The Bertz CT molecular complexity index is 1600. The van der Waals surface area contributed by atoms with Crippen LogP contribution < -0.4 is 4.74 Å². The van der Waals surface area contributed by atoms with E-state index in [1.807, 2.05) is 24.0 Å². The zero-order valence-electron chi connectivity index (χ0n) is 26.2. The van der Waals surface area contributed by atoms with E-state index in [2.05, 4.69) is 11.0 Å². The second-order valence-corrected chi connectivity index (χ2v) is 12.7. The van der Waals surface area contributed by atoms with E-state index in [0.29, 0.717) is 81.8 Å². The third-order valence-corrected chi connectivity index (χ3v) is 9.61. The highest BCUT2D eigenvalue weighted by atomic mass is 19.4. The van der Waals surface area contributed by atoms with Gasteiger partial charge >= 0.3 is 12.3 Å². The first-order valence-corrected chi connectivity index (χ1v) is 16.0. The highest BCUT2D eigenvalue weighted by Gasteiger charge is 2.47. The van der Waals surface area contributed by atoms with Crippen LogP contribution in [0.5, 0.6) is 5.75 Å². The van der Waals surface area contributed by atoms with Crippen molar-refractivity contribution in [1.29, 1.82) is 5.26 Å². The van der Waals surface area contributed by atoms with Gasteiger partial charge in [0.15, 0.2) is 0 Å². The molecule has 0 aliphatic carbocycles. The average molecular weight is 647 g/mol. The number of amides is 2. The molecule has 3 fully saturated rings. The first-order valence-electron chi connectivity index (χ1n) is 16.0. The smallest absolute Gasteiger partial charge is 0.416 e. The molecule has 0 bridgehead atoms. The third-order valence-electron chi connectivity index (χ3n) is 9.61. The fourth-order valence-electron chi connectivity index (χ4n) is 6.69. The maximum absolute atomic E-state index is 13.2. The number of halogens is 3. The number of ether oxygens (including phenoxy) is 2. The molecule has 1 unspecified atom stereocenters. The van der Waals surface area contributed by atoms with E-state index in [4.69, 9.17) is 14.7 Å². The molecule has 246 valence electrons. The highest BCUT2D eigenvalue weighted by Crippen LogP contribution is 2.37. The van der Waals surface area contributed by atoms with E-state index in [-0.39, 0.29) is 24.1 Å². The molecule has 3 aliphatic rings. The Labute approximate surface area is 272 Å². The SMILES string of the molecule is CC(c1ccc(C(F)(F)F)cc1)N1CCC2(CC1)CN(Cc1ccc(C(=O)N3CCC(Oc4ccc(C#N)cc4)CC3)cc1)C(=O)O2. The molecule has 8 nitrogen and oxygen atoms in total. The van der Waals surface area contributed by atoms with Gasteiger partial charge in [-0.05, 0) is 66.6 Å². The van der Waals surface area contributed by atoms with Gasteiger partial charge in [0.1, 0.15) is 17.5 Å². The van der Waals surface area contributed by atoms with Crippen LogP contribution in [0.25, 0.3) is 0 Å². The van der Waals surface area contributed by atoms with Gasteiger partial charge in [0.25, 0.3) is 5.91 Å². The molecule has 0 radical (unpaired) electrons. The quantitative estimate of drug-likeness (QED) is 0.281. The van der Waals surface area contributed by atoms with Gasteiger partial charge in [-0.25, -0.2) is 4.79 Å². The van der Waals surface area contributed by atoms with Crippen LogP contribution >= 0.6 is 0 Å². The minimum absolute atomic E-state index is 0.00698. The Morgan fingerprint density at radius 3 is 2.21 bits per heavy atom. The number of carbonyl (C=O) groups is 2. The van der Waals surface area contributed by atoms with E-state index in [1.54, 1.807) is 41.3 Å². The van der Waals surface area contributed by atoms with Gasteiger partial charge in [-0.1, -0.05) is 24.3 Å². The molecular formula is C36H37F3N4O4. The van der Waals surface area contributed by atoms with Gasteiger partial charge in [-0.2, -0.15) is 18.4 Å². The van der Waals surface area contributed by atoms with Gasteiger partial charge in [0.2, 0.25) is 0 Å². The zero-order chi connectivity index (χ0) is 33.2. The summed E-state index contributed by atoms with van der Waals surface area (Å²) in [7, 11) is 0. The Kier molecular flexibility index (Phi) is 9.15. The number of piperidine rings is 2. The maximum atomic E-state index is 13.2. The van der Waals surface area contributed by atoms with E-state index in [0.717, 1.165) is 23.3 Å². The summed E-state index contributed by atoms with van der Waals surface area (Å²) >= 11 is 0. The predicted molar refractivity (Wildman–Crippen MR) is 167 cm³/mol. The van der Waals surface area contributed by atoms with Crippen LogP contribution in [0.3, 0.4) is 0 Å². The minimum Gasteiger partial charge on any atom is -0.490 e. The highest BCUT2D eigenvalue weighted by molar-refractivity contribution is 5.94. The van der Waals surface area contributed by atoms with Crippen molar-refractivity contribution in [3.8, 4) is 11.8 Å². The molecule has 2 amide bonds. The normalized spacial score (nSPS) is 19.3. The summed E-state index contributed by atoms with van der Waals surface area (Å²) < 4.78 is 50.8. The Morgan fingerprint density at radius 1 is 0.979 bits per heavy atom. The molecule has 0 N–H and O–H groups in total. The number of benzene rings is 3. The topological polar surface area (TPSA) is 86.1 Å². The van der Waals surface area contributed by atoms with Gasteiger partial charge in [-0.3, -0.25) is 14.6 Å². The summed E-state index contributed by atoms with van der Waals surface area (Å²) in [5.41, 5.74) is 1.65. The van der Waals surface area contributed by atoms with Crippen LogP contribution in [0.4, 0.5) is 18.0 Å². The van der Waals surface area contributed by atoms with Crippen LogP contribution in [-0.4, -0.2) is 71.1 Å². The van der Waals surface area contributed by atoms with Crippen LogP contribution in [0.15, 0.2) is 72.8 Å². The number of hydrogen-bond acceptors (Lipinski definition) is 6. The summed E-state index contributed by atoms with van der Waals surface area (Å²) in [6, 6.07) is 21.7. The first kappa shape index (κ1) is 32.4. The van der Waals surface area contributed by atoms with Crippen LogP contribution in [0, 0.1) is 11.3 Å². The molecule has 3 aromatic carbocycles. The molecule has 6 rings (SSSR count). The number of nitriles is 1. The Morgan fingerprint density at radius 2 is 1.62 bits per heavy atom. The van der Waals surface area contributed by atoms with Crippen molar-refractivity contribution in [3.05, 3.63) is 101 Å². The number of hydrogen-bond donors (Lipinski definition) is 0. The number of carbonyl (C=O) groups excluding carboxylic acids is 2. The Hall–Kier alpha value is -4.56. The number of nitrogens with zero attached hydrogens (tertiary/aromatic N) is 4. The maximum Gasteiger partial charge on any atom is 0.416 e. The molecule has 3 aliphatic heterocycles. The molecule has 1 spiro atoms. The number of alkyl halides is 3. The summed E-state index contributed by atoms with van der Waals surface area (Å²) in [4.78, 5) is 31.8. The summed E-state index contributed by atoms with van der Waals surface area (Å²) in [6.45, 7) is 5.33. The van der Waals surface area contributed by atoms with Gasteiger partial charge in [-0.15, -0.1) is 0 Å². The second-order valence-electron chi connectivity index (χ2n) is 12.7. The van der Waals surface area contributed by atoms with Crippen molar-refractivity contribution in [2.24, 2.45) is 0 Å². The van der Waals surface area contributed by atoms with Gasteiger partial charge in [0, 0.05) is 70.0 Å². The van der Waals surface area contributed by atoms with Crippen molar-refractivity contribution in [2.45, 2.75) is 63.1 Å². The summed E-state index contributed by atoms with van der Waals surface area (Å²) in [5.74, 6) is 0.680. The summed E-state index contributed by atoms with van der Waals surface area (Å²) in [5, 5.41) is 8.96. The lowest BCUT2D eigenvalue weighted by Crippen LogP contribution is -2.47. The molecule has 3 saturated heterocycles. The van der Waals surface area contributed by atoms with Crippen LogP contribution in [0.2, 0.25) is 0 Å². The monoisotopic (exact) mass is 646 g/mol. The van der Waals surface area contributed by atoms with E-state index >= 15 is 0 Å². The number of rotatable bonds is 7. The predicted octanol–water partition coefficient (Wildman–Crippen LogP) is 6.81. The molecule has 3 heterocycles. The average Bonchev–Trinajstić information content (AvgIpc) is 3.38. The largest absolute Gasteiger partial charge is 0.490 e. The summed E-state index contributed by atoms with van der Waals surface area (Å²) in [6.07, 6.45) is -2.00. The molecule has 3 aromatic rings. The lowest BCUT2D eigenvalue weighted by Gasteiger charge is -2.40. The van der Waals surface area contributed by atoms with Crippen LogP contribution in [0.1, 0.15) is 71.3 Å². The van der Waals surface area contributed by atoms with E-state index in [1.165, 1.54) is 12.1 Å². The molecular weight excluding hydrogens is 609 g/mol. The molecule has 1 atom stereocenters. The lowest BCUT2D eigenvalue weighted by atomic mass is 9.89. The number of likely N-dealkylation sites (tertiary alicyclic amines) is 2. The fourth-order valence-corrected chi connectivity index (χ4v) is 6.69. The van der Waals surface area contributed by atoms with Crippen molar-refractivity contribution >= 4 is 12.0 Å². The van der Waals surface area contributed by atoms with Gasteiger partial charge < -0.3 is 14.4 Å².